The highest BCUT2D eigenvalue weighted by molar-refractivity contribution is 9.10. The van der Waals surface area contributed by atoms with Gasteiger partial charge in [0.15, 0.2) is 0 Å². The Morgan fingerprint density at radius 2 is 1.81 bits per heavy atom. The van der Waals surface area contributed by atoms with Crippen molar-refractivity contribution in [2.75, 3.05) is 18.0 Å². The minimum atomic E-state index is -0.210. The predicted molar refractivity (Wildman–Crippen MR) is 90.6 cm³/mol. The van der Waals surface area contributed by atoms with Gasteiger partial charge in [-0.15, -0.1) is 0 Å². The molecule has 0 aromatic heterocycles. The molecule has 0 radical (unpaired) electrons. The van der Waals surface area contributed by atoms with Gasteiger partial charge in [-0.1, -0.05) is 22.9 Å². The van der Waals surface area contributed by atoms with Gasteiger partial charge in [-0.25, -0.2) is 4.39 Å². The third kappa shape index (κ3) is 4.05. The average Bonchev–Trinajstić information content (AvgIpc) is 2.49. The van der Waals surface area contributed by atoms with Crippen molar-refractivity contribution in [2.24, 2.45) is 0 Å². The maximum absolute atomic E-state index is 13.1. The van der Waals surface area contributed by atoms with E-state index in [1.807, 2.05) is 18.2 Å². The van der Waals surface area contributed by atoms with Crippen LogP contribution in [-0.4, -0.2) is 13.1 Å². The van der Waals surface area contributed by atoms with Crippen molar-refractivity contribution in [2.45, 2.75) is 20.4 Å². The van der Waals surface area contributed by atoms with Gasteiger partial charge in [0.1, 0.15) is 5.82 Å². The molecule has 2 rings (SSSR count). The van der Waals surface area contributed by atoms with Gasteiger partial charge in [-0.3, -0.25) is 0 Å². The minimum absolute atomic E-state index is 0.210. The van der Waals surface area contributed by atoms with Crippen molar-refractivity contribution >= 4 is 27.3 Å². The van der Waals surface area contributed by atoms with E-state index in [9.17, 15) is 4.39 Å². The fourth-order valence-electron chi connectivity index (χ4n) is 2.33. The summed E-state index contributed by atoms with van der Waals surface area (Å²) in [5.74, 6) is -0.210. The maximum Gasteiger partial charge on any atom is 0.123 e. The Morgan fingerprint density at radius 1 is 1.10 bits per heavy atom. The molecular weight excluding hydrogens is 331 g/mol. The lowest BCUT2D eigenvalue weighted by Crippen LogP contribution is -2.20. The summed E-state index contributed by atoms with van der Waals surface area (Å²) in [7, 11) is 0. The second-order valence-corrected chi connectivity index (χ2v) is 5.69. The van der Waals surface area contributed by atoms with E-state index in [-0.39, 0.29) is 5.82 Å². The van der Waals surface area contributed by atoms with E-state index >= 15 is 0 Å². The summed E-state index contributed by atoms with van der Waals surface area (Å²) in [6, 6.07) is 12.9. The Kier molecular flexibility index (Phi) is 5.76. The summed E-state index contributed by atoms with van der Waals surface area (Å²) < 4.78 is 14.2. The summed E-state index contributed by atoms with van der Waals surface area (Å²) in [4.78, 5) is 2.19. The lowest BCUT2D eigenvalue weighted by atomic mass is 10.1. The number of nitrogens with zero attached hydrogens (tertiary/aromatic N) is 1. The highest BCUT2D eigenvalue weighted by Crippen LogP contribution is 2.30. The predicted octanol–water partition coefficient (Wildman–Crippen LogP) is 4.86. The molecule has 1 N–H and O–H groups in total. The number of rotatable bonds is 6. The molecule has 0 fully saturated rings. The fourth-order valence-corrected chi connectivity index (χ4v) is 2.74. The lowest BCUT2D eigenvalue weighted by molar-refractivity contribution is 0.628. The maximum atomic E-state index is 13.1. The zero-order valence-corrected chi connectivity index (χ0v) is 14.0. The molecule has 2 nitrogen and oxygen atoms in total. The molecule has 0 saturated heterocycles. The molecule has 0 aliphatic rings. The molecule has 0 aliphatic carbocycles. The van der Waals surface area contributed by atoms with Gasteiger partial charge in [-0.05, 0) is 61.5 Å². The first-order chi connectivity index (χ1) is 10.2. The van der Waals surface area contributed by atoms with Gasteiger partial charge in [0, 0.05) is 28.9 Å². The summed E-state index contributed by atoms with van der Waals surface area (Å²) in [6.07, 6.45) is 0. The first kappa shape index (κ1) is 16.0. The highest BCUT2D eigenvalue weighted by Gasteiger charge is 2.12. The van der Waals surface area contributed by atoms with Gasteiger partial charge >= 0.3 is 0 Å². The van der Waals surface area contributed by atoms with Gasteiger partial charge in [0.25, 0.3) is 0 Å². The van der Waals surface area contributed by atoms with E-state index < -0.39 is 0 Å². The SMILES string of the molecule is CCNCc1cc(Br)ccc1N(CC)c1ccc(F)cc1. The van der Waals surface area contributed by atoms with Crippen molar-refractivity contribution in [3.05, 3.63) is 58.3 Å². The van der Waals surface area contributed by atoms with Crippen LogP contribution in [0, 0.1) is 5.82 Å². The van der Waals surface area contributed by atoms with Gasteiger partial charge < -0.3 is 10.2 Å². The fraction of sp³-hybridized carbons (Fsp3) is 0.294. The normalized spacial score (nSPS) is 10.7. The van der Waals surface area contributed by atoms with Crippen LogP contribution in [0.5, 0.6) is 0 Å². The Morgan fingerprint density at radius 3 is 2.43 bits per heavy atom. The molecule has 21 heavy (non-hydrogen) atoms. The van der Waals surface area contributed by atoms with Crippen LogP contribution in [0.4, 0.5) is 15.8 Å². The summed E-state index contributed by atoms with van der Waals surface area (Å²) in [6.45, 7) is 6.75. The smallest absolute Gasteiger partial charge is 0.123 e. The molecule has 0 aliphatic heterocycles. The van der Waals surface area contributed by atoms with Crippen LogP contribution in [0.15, 0.2) is 46.9 Å². The number of benzene rings is 2. The topological polar surface area (TPSA) is 15.3 Å². The van der Waals surface area contributed by atoms with Crippen molar-refractivity contribution in [1.29, 1.82) is 0 Å². The highest BCUT2D eigenvalue weighted by atomic mass is 79.9. The van der Waals surface area contributed by atoms with E-state index in [4.69, 9.17) is 0 Å². The van der Waals surface area contributed by atoms with Gasteiger partial charge in [0.2, 0.25) is 0 Å². The van der Waals surface area contributed by atoms with Crippen molar-refractivity contribution < 1.29 is 4.39 Å². The van der Waals surface area contributed by atoms with Crippen molar-refractivity contribution in [3.8, 4) is 0 Å². The van der Waals surface area contributed by atoms with Crippen molar-refractivity contribution in [1.82, 2.24) is 5.32 Å². The molecule has 0 bridgehead atoms. The molecule has 112 valence electrons. The summed E-state index contributed by atoms with van der Waals surface area (Å²) >= 11 is 3.53. The zero-order chi connectivity index (χ0) is 15.2. The van der Waals surface area contributed by atoms with Crippen LogP contribution in [0.2, 0.25) is 0 Å². The number of halogens is 2. The van der Waals surface area contributed by atoms with Crippen LogP contribution >= 0.6 is 15.9 Å². The second kappa shape index (κ2) is 7.57. The third-order valence-corrected chi connectivity index (χ3v) is 3.85. The first-order valence-corrected chi connectivity index (χ1v) is 7.97. The molecule has 2 aromatic carbocycles. The van der Waals surface area contributed by atoms with E-state index in [1.54, 1.807) is 0 Å². The van der Waals surface area contributed by atoms with E-state index in [0.29, 0.717) is 0 Å². The van der Waals surface area contributed by atoms with Crippen LogP contribution in [0.25, 0.3) is 0 Å². The average molecular weight is 351 g/mol. The number of hydrogen-bond donors (Lipinski definition) is 1. The van der Waals surface area contributed by atoms with E-state index in [2.05, 4.69) is 52.1 Å². The van der Waals surface area contributed by atoms with Gasteiger partial charge in [-0.2, -0.15) is 0 Å². The Labute approximate surface area is 134 Å². The zero-order valence-electron chi connectivity index (χ0n) is 12.4. The Bertz CT molecular complexity index is 584. The first-order valence-electron chi connectivity index (χ1n) is 7.18. The largest absolute Gasteiger partial charge is 0.342 e. The Balaban J connectivity index is 2.39. The van der Waals surface area contributed by atoms with Crippen molar-refractivity contribution in [3.63, 3.8) is 0 Å². The Hall–Kier alpha value is -1.39. The number of hydrogen-bond acceptors (Lipinski definition) is 2. The van der Waals surface area contributed by atoms with Crippen LogP contribution in [-0.2, 0) is 6.54 Å². The summed E-state index contributed by atoms with van der Waals surface area (Å²) in [5, 5.41) is 3.36. The van der Waals surface area contributed by atoms with E-state index in [0.717, 1.165) is 35.5 Å². The monoisotopic (exact) mass is 350 g/mol. The molecule has 0 amide bonds. The van der Waals surface area contributed by atoms with E-state index in [1.165, 1.54) is 17.7 Å². The molecule has 0 atom stereocenters. The molecule has 2 aromatic rings. The summed E-state index contributed by atoms with van der Waals surface area (Å²) in [5.41, 5.74) is 3.37. The quantitative estimate of drug-likeness (QED) is 0.800. The number of anilines is 2. The molecule has 0 saturated carbocycles. The molecule has 0 unspecified atom stereocenters. The van der Waals surface area contributed by atoms with Crippen LogP contribution in [0.1, 0.15) is 19.4 Å². The second-order valence-electron chi connectivity index (χ2n) is 4.77. The minimum Gasteiger partial charge on any atom is -0.342 e. The molecule has 0 spiro atoms. The van der Waals surface area contributed by atoms with Crippen LogP contribution < -0.4 is 10.2 Å². The standard InChI is InChI=1S/C17H20BrFN2/c1-3-20-12-13-11-14(18)5-10-17(13)21(4-2)16-8-6-15(19)7-9-16/h5-11,20H,3-4,12H2,1-2H3. The van der Waals surface area contributed by atoms with Crippen LogP contribution in [0.3, 0.4) is 0 Å². The molecule has 0 heterocycles. The third-order valence-electron chi connectivity index (χ3n) is 3.35. The lowest BCUT2D eigenvalue weighted by Gasteiger charge is -2.26. The van der Waals surface area contributed by atoms with Gasteiger partial charge in [0.05, 0.1) is 0 Å². The molecular formula is C17H20BrFN2. The number of nitrogens with one attached hydrogen (secondary N) is 1. The molecule has 4 heteroatoms.